The van der Waals surface area contributed by atoms with Crippen LogP contribution in [0.4, 0.5) is 0 Å². The van der Waals surface area contributed by atoms with E-state index in [0.29, 0.717) is 23.0 Å². The maximum Gasteiger partial charge on any atom is 0.251 e. The predicted molar refractivity (Wildman–Crippen MR) is 145 cm³/mol. The fraction of sp³-hybridized carbons (Fsp3) is 0.517. The molecule has 200 valence electrons. The Hall–Kier alpha value is -2.61. The van der Waals surface area contributed by atoms with Gasteiger partial charge in [0.1, 0.15) is 11.9 Å². The lowest BCUT2D eigenvalue weighted by molar-refractivity contribution is -0.111. The summed E-state index contributed by atoms with van der Waals surface area (Å²) in [6, 6.07) is 11.2. The first-order valence-electron chi connectivity index (χ1n) is 13.2. The molecular weight excluding hydrogens is 490 g/mol. The predicted octanol–water partition coefficient (Wildman–Crippen LogP) is 4.31. The smallest absolute Gasteiger partial charge is 0.251 e. The molecule has 3 unspecified atom stereocenters. The molecular formula is C29H38ClN3O4. The summed E-state index contributed by atoms with van der Waals surface area (Å²) in [5, 5.41) is 6.52. The van der Waals surface area contributed by atoms with Gasteiger partial charge in [-0.15, -0.1) is 0 Å². The van der Waals surface area contributed by atoms with Crippen LogP contribution in [0.3, 0.4) is 0 Å². The number of aryl methyl sites for hydroxylation is 1. The van der Waals surface area contributed by atoms with Crippen LogP contribution >= 0.6 is 11.6 Å². The Bertz CT molecular complexity index is 1070. The first-order chi connectivity index (χ1) is 17.9. The highest BCUT2D eigenvalue weighted by atomic mass is 35.5. The number of likely N-dealkylation sites (tertiary alicyclic amines) is 1. The topological polar surface area (TPSA) is 79.9 Å². The number of hydrogen-bond donors (Lipinski definition) is 2. The molecule has 1 fully saturated rings. The van der Waals surface area contributed by atoms with Crippen molar-refractivity contribution in [2.24, 2.45) is 5.92 Å². The van der Waals surface area contributed by atoms with E-state index in [0.717, 1.165) is 68.6 Å². The quantitative estimate of drug-likeness (QED) is 0.450. The Morgan fingerprint density at radius 3 is 2.62 bits per heavy atom. The molecule has 8 heteroatoms. The summed E-state index contributed by atoms with van der Waals surface area (Å²) < 4.78 is 12.3. The molecule has 37 heavy (non-hydrogen) atoms. The van der Waals surface area contributed by atoms with Gasteiger partial charge in [-0.2, -0.15) is 0 Å². The zero-order chi connectivity index (χ0) is 26.4. The first kappa shape index (κ1) is 27.4. The van der Waals surface area contributed by atoms with Crippen LogP contribution in [0, 0.1) is 12.8 Å². The monoisotopic (exact) mass is 527 g/mol. The maximum absolute atomic E-state index is 12.5. The van der Waals surface area contributed by atoms with Crippen LogP contribution < -0.4 is 15.4 Å². The summed E-state index contributed by atoms with van der Waals surface area (Å²) in [6.45, 7) is 7.55. The van der Waals surface area contributed by atoms with Gasteiger partial charge >= 0.3 is 0 Å². The molecule has 2 heterocycles. The third-order valence-corrected chi connectivity index (χ3v) is 7.95. The number of halogens is 1. The van der Waals surface area contributed by atoms with Crippen LogP contribution in [-0.4, -0.2) is 62.7 Å². The second kappa shape index (κ2) is 12.8. The van der Waals surface area contributed by atoms with Gasteiger partial charge in [0.05, 0.1) is 13.2 Å². The number of fused-ring (bicyclic) bond motifs is 1. The molecule has 2 aromatic carbocycles. The minimum Gasteiger partial charge on any atom is -0.496 e. The van der Waals surface area contributed by atoms with Gasteiger partial charge in [0, 0.05) is 41.7 Å². The van der Waals surface area contributed by atoms with Crippen molar-refractivity contribution in [1.82, 2.24) is 15.5 Å². The summed E-state index contributed by atoms with van der Waals surface area (Å²) in [5.41, 5.74) is 4.07. The fourth-order valence-corrected chi connectivity index (χ4v) is 5.71. The number of nitrogens with zero attached hydrogens (tertiary/aromatic N) is 1. The van der Waals surface area contributed by atoms with E-state index in [1.54, 1.807) is 31.4 Å². The van der Waals surface area contributed by atoms with E-state index in [2.05, 4.69) is 41.5 Å². The highest BCUT2D eigenvalue weighted by Crippen LogP contribution is 2.40. The number of ether oxygens (including phenoxy) is 2. The molecule has 0 radical (unpaired) electrons. The second-order valence-corrected chi connectivity index (χ2v) is 10.7. The van der Waals surface area contributed by atoms with Crippen LogP contribution in [0.5, 0.6) is 5.75 Å². The van der Waals surface area contributed by atoms with Crippen LogP contribution in [-0.2, 0) is 16.0 Å². The Morgan fingerprint density at radius 2 is 1.95 bits per heavy atom. The number of piperidine rings is 1. The molecule has 4 rings (SSSR count). The van der Waals surface area contributed by atoms with E-state index in [1.807, 2.05) is 0 Å². The number of carbonyl (C=O) groups is 2. The van der Waals surface area contributed by atoms with Gasteiger partial charge in [-0.25, -0.2) is 0 Å². The molecule has 2 aromatic rings. The molecule has 0 saturated carbocycles. The van der Waals surface area contributed by atoms with Gasteiger partial charge in [0.15, 0.2) is 0 Å². The number of amides is 2. The van der Waals surface area contributed by atoms with Crippen LogP contribution in [0.15, 0.2) is 36.4 Å². The highest BCUT2D eigenvalue weighted by molar-refractivity contribution is 6.30. The largest absolute Gasteiger partial charge is 0.496 e. The standard InChI is InChI=1S/C29H38ClN3O4/c1-19-4-9-24-25(28(19)36-3)16-26(37-27(24)17-31-18-34)21-11-14-33(15-12-21)13-10-20(2)32-29(35)22-5-7-23(30)8-6-22/h4-9,18,20-21,26-27H,10-17H2,1-3H3,(H,31,34)(H,32,35). The van der Waals surface area contributed by atoms with Gasteiger partial charge in [0.25, 0.3) is 5.91 Å². The SMILES string of the molecule is COc1c(C)ccc2c1CC(C1CCN(CCC(C)NC(=O)c3ccc(Cl)cc3)CC1)OC2CNC=O. The van der Waals surface area contributed by atoms with Crippen molar-refractivity contribution in [3.63, 3.8) is 0 Å². The number of benzene rings is 2. The molecule has 2 aliphatic rings. The molecule has 0 aromatic heterocycles. The van der Waals surface area contributed by atoms with E-state index < -0.39 is 0 Å². The van der Waals surface area contributed by atoms with E-state index in [4.69, 9.17) is 21.1 Å². The van der Waals surface area contributed by atoms with Gasteiger partial charge in [0.2, 0.25) is 6.41 Å². The molecule has 0 spiro atoms. The molecule has 0 bridgehead atoms. The zero-order valence-corrected chi connectivity index (χ0v) is 22.7. The molecule has 2 aliphatic heterocycles. The Kier molecular flexibility index (Phi) is 9.46. The normalized spacial score (nSPS) is 21.1. The van der Waals surface area contributed by atoms with Crippen molar-refractivity contribution >= 4 is 23.9 Å². The van der Waals surface area contributed by atoms with Crippen molar-refractivity contribution in [2.45, 2.75) is 57.8 Å². The number of nitrogens with one attached hydrogen (secondary N) is 2. The Balaban J connectivity index is 1.29. The molecule has 3 atom stereocenters. The first-order valence-corrected chi connectivity index (χ1v) is 13.5. The molecule has 2 N–H and O–H groups in total. The number of hydrogen-bond acceptors (Lipinski definition) is 5. The minimum atomic E-state index is -0.170. The molecule has 2 amide bonds. The van der Waals surface area contributed by atoms with E-state index in [9.17, 15) is 9.59 Å². The molecule has 1 saturated heterocycles. The maximum atomic E-state index is 12.5. The Morgan fingerprint density at radius 1 is 1.22 bits per heavy atom. The van der Waals surface area contributed by atoms with Crippen molar-refractivity contribution in [3.8, 4) is 5.75 Å². The van der Waals surface area contributed by atoms with E-state index in [1.165, 1.54) is 5.56 Å². The minimum absolute atomic E-state index is 0.0677. The summed E-state index contributed by atoms with van der Waals surface area (Å²) >= 11 is 5.92. The van der Waals surface area contributed by atoms with Crippen molar-refractivity contribution in [2.75, 3.05) is 33.3 Å². The van der Waals surface area contributed by atoms with Gasteiger partial charge in [-0.3, -0.25) is 9.59 Å². The summed E-state index contributed by atoms with van der Waals surface area (Å²) in [6.07, 6.45) is 4.51. The molecule has 7 nitrogen and oxygen atoms in total. The zero-order valence-electron chi connectivity index (χ0n) is 22.0. The number of methoxy groups -OCH3 is 1. The van der Waals surface area contributed by atoms with Crippen molar-refractivity contribution in [3.05, 3.63) is 63.7 Å². The highest BCUT2D eigenvalue weighted by Gasteiger charge is 2.36. The van der Waals surface area contributed by atoms with Crippen LogP contribution in [0.1, 0.15) is 59.3 Å². The molecule has 0 aliphatic carbocycles. The number of rotatable bonds is 10. The summed E-state index contributed by atoms with van der Waals surface area (Å²) in [5.74, 6) is 1.33. The van der Waals surface area contributed by atoms with Gasteiger partial charge in [-0.05, 0) is 87.5 Å². The van der Waals surface area contributed by atoms with Crippen LogP contribution in [0.25, 0.3) is 0 Å². The van der Waals surface area contributed by atoms with E-state index >= 15 is 0 Å². The summed E-state index contributed by atoms with van der Waals surface area (Å²) in [4.78, 5) is 25.9. The lowest BCUT2D eigenvalue weighted by Crippen LogP contribution is -2.43. The third kappa shape index (κ3) is 6.83. The summed E-state index contributed by atoms with van der Waals surface area (Å²) in [7, 11) is 1.73. The van der Waals surface area contributed by atoms with Crippen molar-refractivity contribution < 1.29 is 19.1 Å². The van der Waals surface area contributed by atoms with E-state index in [-0.39, 0.29) is 24.2 Å². The average Bonchev–Trinajstić information content (AvgIpc) is 2.91. The van der Waals surface area contributed by atoms with Gasteiger partial charge < -0.3 is 25.0 Å². The number of carbonyl (C=O) groups excluding carboxylic acids is 2. The van der Waals surface area contributed by atoms with Crippen molar-refractivity contribution in [1.29, 1.82) is 0 Å². The third-order valence-electron chi connectivity index (χ3n) is 7.70. The lowest BCUT2D eigenvalue weighted by atomic mass is 9.83. The average molecular weight is 528 g/mol. The Labute approximate surface area is 224 Å². The van der Waals surface area contributed by atoms with Crippen LogP contribution in [0.2, 0.25) is 5.02 Å². The second-order valence-electron chi connectivity index (χ2n) is 10.2. The van der Waals surface area contributed by atoms with Gasteiger partial charge in [-0.1, -0.05) is 23.7 Å². The lowest BCUT2D eigenvalue weighted by Gasteiger charge is -2.41. The fourth-order valence-electron chi connectivity index (χ4n) is 5.59.